The van der Waals surface area contributed by atoms with E-state index in [4.69, 9.17) is 4.74 Å². The van der Waals surface area contributed by atoms with Gasteiger partial charge in [-0.1, -0.05) is 18.2 Å². The van der Waals surface area contributed by atoms with E-state index in [9.17, 15) is 9.59 Å². The highest BCUT2D eigenvalue weighted by Gasteiger charge is 2.08. The molecule has 0 unspecified atom stereocenters. The Morgan fingerprint density at radius 3 is 2.62 bits per heavy atom. The van der Waals surface area contributed by atoms with Gasteiger partial charge in [0.15, 0.2) is 0 Å². The number of rotatable bonds is 7. The molecule has 0 aliphatic rings. The van der Waals surface area contributed by atoms with Crippen molar-refractivity contribution in [2.45, 2.75) is 40.2 Å². The summed E-state index contributed by atoms with van der Waals surface area (Å²) in [4.78, 5) is 26.6. The van der Waals surface area contributed by atoms with Crippen LogP contribution in [0.2, 0.25) is 0 Å². The number of carbonyl (C=O) groups excluding carboxylic acids is 1. The Labute approximate surface area is 142 Å². The van der Waals surface area contributed by atoms with Crippen LogP contribution in [0, 0.1) is 20.8 Å². The maximum Gasteiger partial charge on any atom is 0.253 e. The lowest BCUT2D eigenvalue weighted by atomic mass is 10.1. The number of aromatic amines is 1. The van der Waals surface area contributed by atoms with Gasteiger partial charge in [0, 0.05) is 24.2 Å². The number of aryl methyl sites for hydroxylation is 3. The van der Waals surface area contributed by atoms with Crippen LogP contribution >= 0.6 is 0 Å². The van der Waals surface area contributed by atoms with Crippen molar-refractivity contribution in [1.29, 1.82) is 0 Å². The van der Waals surface area contributed by atoms with Gasteiger partial charge in [-0.3, -0.25) is 9.59 Å². The Morgan fingerprint density at radius 2 is 1.92 bits per heavy atom. The molecule has 0 saturated heterocycles. The summed E-state index contributed by atoms with van der Waals surface area (Å²) in [6, 6.07) is 9.70. The third-order valence-electron chi connectivity index (χ3n) is 3.86. The number of pyridine rings is 1. The zero-order valence-corrected chi connectivity index (χ0v) is 14.4. The largest absolute Gasteiger partial charge is 0.493 e. The normalized spacial score (nSPS) is 10.5. The Morgan fingerprint density at radius 1 is 1.17 bits per heavy atom. The Balaban J connectivity index is 1.74. The molecule has 0 spiro atoms. The van der Waals surface area contributed by atoms with Crippen LogP contribution in [0.3, 0.4) is 0 Å². The molecule has 0 saturated carbocycles. The molecule has 1 amide bonds. The van der Waals surface area contributed by atoms with E-state index in [1.54, 1.807) is 0 Å². The molecule has 0 aliphatic heterocycles. The number of H-pyrrole nitrogens is 1. The zero-order valence-electron chi connectivity index (χ0n) is 14.4. The maximum atomic E-state index is 11.9. The van der Waals surface area contributed by atoms with E-state index >= 15 is 0 Å². The Kier molecular flexibility index (Phi) is 6.18. The molecule has 128 valence electrons. The first-order valence-corrected chi connectivity index (χ1v) is 8.12. The third-order valence-corrected chi connectivity index (χ3v) is 3.86. The SMILES string of the molecule is Cc1cc(C)c(CNC(=O)CCCOc2ccccc2C)c(=O)[nH]1. The van der Waals surface area contributed by atoms with Crippen LogP contribution in [0.25, 0.3) is 0 Å². The molecule has 2 rings (SSSR count). The van der Waals surface area contributed by atoms with Gasteiger partial charge in [0.1, 0.15) is 5.75 Å². The molecular formula is C19H24N2O3. The molecule has 1 aromatic heterocycles. The first-order valence-electron chi connectivity index (χ1n) is 8.12. The summed E-state index contributed by atoms with van der Waals surface area (Å²) >= 11 is 0. The topological polar surface area (TPSA) is 71.2 Å². The average Bonchev–Trinajstić information content (AvgIpc) is 2.52. The Bertz CT molecular complexity index is 765. The highest BCUT2D eigenvalue weighted by molar-refractivity contribution is 5.75. The minimum Gasteiger partial charge on any atom is -0.493 e. The molecule has 0 fully saturated rings. The summed E-state index contributed by atoms with van der Waals surface area (Å²) in [7, 11) is 0. The predicted octanol–water partition coefficient (Wildman–Crippen LogP) is 2.78. The van der Waals surface area contributed by atoms with Gasteiger partial charge in [0.25, 0.3) is 5.56 Å². The van der Waals surface area contributed by atoms with Gasteiger partial charge in [0.2, 0.25) is 5.91 Å². The smallest absolute Gasteiger partial charge is 0.253 e. The number of amides is 1. The van der Waals surface area contributed by atoms with E-state index in [1.165, 1.54) is 0 Å². The van der Waals surface area contributed by atoms with Gasteiger partial charge in [-0.2, -0.15) is 0 Å². The second-order valence-electron chi connectivity index (χ2n) is 5.94. The number of hydrogen-bond donors (Lipinski definition) is 2. The van der Waals surface area contributed by atoms with E-state index in [0.29, 0.717) is 25.0 Å². The van der Waals surface area contributed by atoms with Crippen LogP contribution in [0.1, 0.15) is 35.2 Å². The minimum absolute atomic E-state index is 0.0808. The first kappa shape index (κ1) is 17.8. The number of aromatic nitrogens is 1. The lowest BCUT2D eigenvalue weighted by Gasteiger charge is -2.10. The lowest BCUT2D eigenvalue weighted by molar-refractivity contribution is -0.121. The summed E-state index contributed by atoms with van der Waals surface area (Å²) < 4.78 is 5.67. The number of nitrogens with one attached hydrogen (secondary N) is 2. The molecule has 24 heavy (non-hydrogen) atoms. The summed E-state index contributed by atoms with van der Waals surface area (Å²) in [5.41, 5.74) is 3.25. The molecule has 5 nitrogen and oxygen atoms in total. The standard InChI is InChI=1S/C19H24N2O3/c1-13-7-4-5-8-17(13)24-10-6-9-18(22)20-12-16-14(2)11-15(3)21-19(16)23/h4-5,7-8,11H,6,9-10,12H2,1-3H3,(H,20,22)(H,21,23). The molecule has 2 aromatic rings. The molecular weight excluding hydrogens is 304 g/mol. The van der Waals surface area contributed by atoms with E-state index < -0.39 is 0 Å². The molecule has 0 radical (unpaired) electrons. The van der Waals surface area contributed by atoms with Gasteiger partial charge < -0.3 is 15.0 Å². The molecule has 0 aliphatic carbocycles. The average molecular weight is 328 g/mol. The van der Waals surface area contributed by atoms with E-state index in [-0.39, 0.29) is 18.0 Å². The van der Waals surface area contributed by atoms with Gasteiger partial charge in [-0.05, 0) is 50.5 Å². The number of benzene rings is 1. The van der Waals surface area contributed by atoms with Crippen LogP contribution < -0.4 is 15.6 Å². The van der Waals surface area contributed by atoms with Crippen molar-refractivity contribution in [3.63, 3.8) is 0 Å². The minimum atomic E-state index is -0.143. The van der Waals surface area contributed by atoms with Crippen molar-refractivity contribution in [2.24, 2.45) is 0 Å². The fraction of sp³-hybridized carbons (Fsp3) is 0.368. The number of carbonyl (C=O) groups is 1. The predicted molar refractivity (Wildman–Crippen MR) is 94.3 cm³/mol. The van der Waals surface area contributed by atoms with Crippen LogP contribution in [-0.2, 0) is 11.3 Å². The highest BCUT2D eigenvalue weighted by Crippen LogP contribution is 2.16. The molecule has 5 heteroatoms. The van der Waals surface area contributed by atoms with E-state index in [1.807, 2.05) is 51.1 Å². The van der Waals surface area contributed by atoms with Crippen LogP contribution in [0.5, 0.6) is 5.75 Å². The molecule has 0 atom stereocenters. The number of para-hydroxylation sites is 1. The summed E-state index contributed by atoms with van der Waals surface area (Å²) in [5.74, 6) is 0.766. The highest BCUT2D eigenvalue weighted by atomic mass is 16.5. The Hall–Kier alpha value is -2.56. The van der Waals surface area contributed by atoms with Gasteiger partial charge in [0.05, 0.1) is 6.61 Å². The quantitative estimate of drug-likeness (QED) is 0.768. The third kappa shape index (κ3) is 4.98. The second-order valence-corrected chi connectivity index (χ2v) is 5.94. The van der Waals surface area contributed by atoms with Crippen LogP contribution in [0.4, 0.5) is 0 Å². The van der Waals surface area contributed by atoms with Crippen molar-refractivity contribution in [2.75, 3.05) is 6.61 Å². The van der Waals surface area contributed by atoms with Gasteiger partial charge >= 0.3 is 0 Å². The van der Waals surface area contributed by atoms with Crippen molar-refractivity contribution in [3.8, 4) is 5.75 Å². The summed E-state index contributed by atoms with van der Waals surface area (Å²) in [5, 5.41) is 2.80. The lowest BCUT2D eigenvalue weighted by Crippen LogP contribution is -2.28. The molecule has 1 heterocycles. The van der Waals surface area contributed by atoms with Crippen molar-refractivity contribution >= 4 is 5.91 Å². The summed E-state index contributed by atoms with van der Waals surface area (Å²) in [6.07, 6.45) is 0.998. The van der Waals surface area contributed by atoms with Crippen molar-refractivity contribution in [3.05, 3.63) is 63.1 Å². The summed E-state index contributed by atoms with van der Waals surface area (Å²) in [6.45, 7) is 6.44. The van der Waals surface area contributed by atoms with E-state index in [0.717, 1.165) is 22.6 Å². The van der Waals surface area contributed by atoms with Crippen molar-refractivity contribution in [1.82, 2.24) is 10.3 Å². The maximum absolute atomic E-state index is 11.9. The van der Waals surface area contributed by atoms with Gasteiger partial charge in [-0.15, -0.1) is 0 Å². The van der Waals surface area contributed by atoms with Crippen molar-refractivity contribution < 1.29 is 9.53 Å². The van der Waals surface area contributed by atoms with Gasteiger partial charge in [-0.25, -0.2) is 0 Å². The molecule has 2 N–H and O–H groups in total. The molecule has 0 bridgehead atoms. The number of ether oxygens (including phenoxy) is 1. The second kappa shape index (κ2) is 8.34. The number of hydrogen-bond acceptors (Lipinski definition) is 3. The first-order chi connectivity index (χ1) is 11.5. The molecule has 1 aromatic carbocycles. The van der Waals surface area contributed by atoms with Crippen LogP contribution in [0.15, 0.2) is 35.1 Å². The van der Waals surface area contributed by atoms with E-state index in [2.05, 4.69) is 10.3 Å². The monoisotopic (exact) mass is 328 g/mol. The zero-order chi connectivity index (χ0) is 17.5. The fourth-order valence-corrected chi connectivity index (χ4v) is 2.51. The fourth-order valence-electron chi connectivity index (χ4n) is 2.51. The van der Waals surface area contributed by atoms with Crippen LogP contribution in [-0.4, -0.2) is 17.5 Å².